The highest BCUT2D eigenvalue weighted by molar-refractivity contribution is 5.75. The summed E-state index contributed by atoms with van der Waals surface area (Å²) in [6, 6.07) is 0. The van der Waals surface area contributed by atoms with Crippen LogP contribution in [-0.4, -0.2) is 23.1 Å². The van der Waals surface area contributed by atoms with Crippen molar-refractivity contribution in [2.75, 3.05) is 0 Å². The average molecular weight is 360 g/mol. The lowest BCUT2D eigenvalue weighted by Gasteiger charge is -2.63. The first-order valence-electron chi connectivity index (χ1n) is 10.2. The molecule has 0 amide bonds. The minimum Gasteiger partial charge on any atom is -0.481 e. The number of hydrogen-bond donors (Lipinski definition) is 1. The number of ether oxygens (including phenoxy) is 1. The topological polar surface area (TPSA) is 63.6 Å². The van der Waals surface area contributed by atoms with Crippen LogP contribution < -0.4 is 0 Å². The fourth-order valence-electron chi connectivity index (χ4n) is 7.95. The maximum Gasteiger partial charge on any atom is 0.309 e. The van der Waals surface area contributed by atoms with Crippen LogP contribution in [-0.2, 0) is 14.3 Å². The Labute approximate surface area is 156 Å². The van der Waals surface area contributed by atoms with Gasteiger partial charge in [-0.15, -0.1) is 0 Å². The van der Waals surface area contributed by atoms with Crippen LogP contribution in [0.1, 0.15) is 72.1 Å². The van der Waals surface area contributed by atoms with Crippen LogP contribution in [0.2, 0.25) is 0 Å². The van der Waals surface area contributed by atoms with E-state index in [4.69, 9.17) is 4.74 Å². The van der Waals surface area contributed by atoms with Crippen LogP contribution in [0, 0.1) is 34.0 Å². The second-order valence-electron chi connectivity index (χ2n) is 10.0. The van der Waals surface area contributed by atoms with E-state index < -0.39 is 11.4 Å². The Morgan fingerprint density at radius 1 is 1.12 bits per heavy atom. The molecule has 0 aromatic heterocycles. The minimum atomic E-state index is -0.634. The van der Waals surface area contributed by atoms with Gasteiger partial charge in [-0.05, 0) is 80.6 Å². The standard InChI is InChI=1S/C22H32O4/c1-13-15-6-7-17-20(3)9-5-10-21(4,19(24)25)16(20)8-11-22(17,12-15)18(13)26-14(2)23/h15-18H,1,5-12H2,2-4H3,(H,24,25)/t15-,16+,17+,18-,20+,21-,22+/m1/s1. The molecule has 144 valence electrons. The lowest BCUT2D eigenvalue weighted by atomic mass is 9.40. The van der Waals surface area contributed by atoms with Crippen LogP contribution in [0.4, 0.5) is 0 Å². The summed E-state index contributed by atoms with van der Waals surface area (Å²) in [6.07, 6.45) is 7.86. The summed E-state index contributed by atoms with van der Waals surface area (Å²) in [7, 11) is 0. The smallest absolute Gasteiger partial charge is 0.309 e. The maximum absolute atomic E-state index is 12.2. The van der Waals surface area contributed by atoms with E-state index in [1.807, 2.05) is 6.92 Å². The van der Waals surface area contributed by atoms with Gasteiger partial charge in [0.1, 0.15) is 6.10 Å². The molecule has 4 aliphatic carbocycles. The monoisotopic (exact) mass is 360 g/mol. The summed E-state index contributed by atoms with van der Waals surface area (Å²) in [6.45, 7) is 10.1. The second kappa shape index (κ2) is 5.59. The predicted octanol–water partition coefficient (Wildman–Crippen LogP) is 4.58. The van der Waals surface area contributed by atoms with Gasteiger partial charge in [0.05, 0.1) is 5.41 Å². The Morgan fingerprint density at radius 3 is 2.50 bits per heavy atom. The molecule has 0 radical (unpaired) electrons. The van der Waals surface area contributed by atoms with E-state index in [9.17, 15) is 14.7 Å². The van der Waals surface area contributed by atoms with E-state index in [1.54, 1.807) is 0 Å². The number of aliphatic carboxylic acids is 1. The molecule has 4 nitrogen and oxygen atoms in total. The molecule has 0 aromatic rings. The van der Waals surface area contributed by atoms with Crippen molar-refractivity contribution in [2.24, 2.45) is 34.0 Å². The number of hydrogen-bond acceptors (Lipinski definition) is 3. The van der Waals surface area contributed by atoms with Gasteiger partial charge in [-0.2, -0.15) is 0 Å². The van der Waals surface area contributed by atoms with E-state index >= 15 is 0 Å². The number of carbonyl (C=O) groups is 2. The van der Waals surface area contributed by atoms with Crippen LogP contribution in [0.5, 0.6) is 0 Å². The summed E-state index contributed by atoms with van der Waals surface area (Å²) in [5, 5.41) is 10.0. The van der Waals surface area contributed by atoms with Crippen LogP contribution in [0.25, 0.3) is 0 Å². The van der Waals surface area contributed by atoms with Crippen molar-refractivity contribution < 1.29 is 19.4 Å². The molecule has 1 spiro atoms. The third kappa shape index (κ3) is 2.13. The molecule has 4 saturated carbocycles. The van der Waals surface area contributed by atoms with E-state index in [1.165, 1.54) is 6.92 Å². The number of esters is 1. The maximum atomic E-state index is 12.2. The summed E-state index contributed by atoms with van der Waals surface area (Å²) >= 11 is 0. The van der Waals surface area contributed by atoms with Gasteiger partial charge in [0.2, 0.25) is 0 Å². The summed E-state index contributed by atoms with van der Waals surface area (Å²) in [4.78, 5) is 24.0. The molecule has 7 atom stereocenters. The van der Waals surface area contributed by atoms with Gasteiger partial charge in [-0.25, -0.2) is 0 Å². The number of rotatable bonds is 2. The van der Waals surface area contributed by atoms with Crippen molar-refractivity contribution in [2.45, 2.75) is 78.2 Å². The molecule has 0 unspecified atom stereocenters. The lowest BCUT2D eigenvalue weighted by Crippen LogP contribution is -2.60. The summed E-state index contributed by atoms with van der Waals surface area (Å²) in [5.41, 5.74) is 0.477. The number of fused-ring (bicyclic) bond motifs is 3. The predicted molar refractivity (Wildman–Crippen MR) is 98.4 cm³/mol. The molecule has 4 heteroatoms. The van der Waals surface area contributed by atoms with E-state index in [2.05, 4.69) is 13.5 Å². The van der Waals surface area contributed by atoms with Crippen molar-refractivity contribution in [1.29, 1.82) is 0 Å². The highest BCUT2D eigenvalue weighted by Crippen LogP contribution is 2.72. The molecule has 0 aromatic carbocycles. The lowest BCUT2D eigenvalue weighted by molar-refractivity contribution is -0.195. The Hall–Kier alpha value is -1.32. The van der Waals surface area contributed by atoms with Crippen molar-refractivity contribution in [1.82, 2.24) is 0 Å². The molecule has 4 rings (SSSR count). The van der Waals surface area contributed by atoms with Crippen molar-refractivity contribution in [3.63, 3.8) is 0 Å². The van der Waals surface area contributed by atoms with Crippen LogP contribution in [0.3, 0.4) is 0 Å². The van der Waals surface area contributed by atoms with Crippen molar-refractivity contribution in [3.05, 3.63) is 12.2 Å². The largest absolute Gasteiger partial charge is 0.481 e. The fourth-order valence-corrected chi connectivity index (χ4v) is 7.95. The zero-order chi connectivity index (χ0) is 18.9. The molecule has 1 N–H and O–H groups in total. The SMILES string of the molecule is C=C1[C@@H]2CC[C@H]3[C@@]4(C)CCC[C@@](C)(C(=O)O)[C@H]4CC[C@@]3(C2)[C@@H]1OC(C)=O. The minimum absolute atomic E-state index is 0.0115. The molecule has 0 heterocycles. The molecule has 2 bridgehead atoms. The Kier molecular flexibility index (Phi) is 3.88. The fraction of sp³-hybridized carbons (Fsp3) is 0.818. The van der Waals surface area contributed by atoms with Gasteiger partial charge in [-0.1, -0.05) is 19.9 Å². The quantitative estimate of drug-likeness (QED) is 0.578. The first kappa shape index (κ1) is 18.1. The summed E-state index contributed by atoms with van der Waals surface area (Å²) in [5.74, 6) is 0.242. The Balaban J connectivity index is 1.77. The van der Waals surface area contributed by atoms with Gasteiger partial charge in [0.15, 0.2) is 0 Å². The van der Waals surface area contributed by atoms with Gasteiger partial charge < -0.3 is 9.84 Å². The van der Waals surface area contributed by atoms with Crippen LogP contribution in [0.15, 0.2) is 12.2 Å². The second-order valence-corrected chi connectivity index (χ2v) is 10.0. The highest BCUT2D eigenvalue weighted by atomic mass is 16.5. The van der Waals surface area contributed by atoms with Crippen molar-refractivity contribution >= 4 is 11.9 Å². The number of carboxylic acid groups (broad SMARTS) is 1. The highest BCUT2D eigenvalue weighted by Gasteiger charge is 2.68. The Bertz CT molecular complexity index is 669. The van der Waals surface area contributed by atoms with Crippen LogP contribution >= 0.6 is 0 Å². The van der Waals surface area contributed by atoms with E-state index in [0.29, 0.717) is 11.8 Å². The van der Waals surface area contributed by atoms with Gasteiger partial charge in [0.25, 0.3) is 0 Å². The van der Waals surface area contributed by atoms with E-state index in [0.717, 1.165) is 56.9 Å². The molecule has 4 aliphatic rings. The number of carboxylic acids is 1. The molecular formula is C22H32O4. The van der Waals surface area contributed by atoms with Gasteiger partial charge >= 0.3 is 11.9 Å². The van der Waals surface area contributed by atoms with E-state index in [-0.39, 0.29) is 28.8 Å². The van der Waals surface area contributed by atoms with Crippen molar-refractivity contribution in [3.8, 4) is 0 Å². The third-order valence-corrected chi connectivity index (χ3v) is 8.95. The zero-order valence-corrected chi connectivity index (χ0v) is 16.3. The van der Waals surface area contributed by atoms with Gasteiger partial charge in [0, 0.05) is 12.3 Å². The normalized spacial score (nSPS) is 49.9. The zero-order valence-electron chi connectivity index (χ0n) is 16.3. The Morgan fingerprint density at radius 2 is 1.85 bits per heavy atom. The molecule has 0 saturated heterocycles. The summed E-state index contributed by atoms with van der Waals surface area (Å²) < 4.78 is 5.87. The molecule has 26 heavy (non-hydrogen) atoms. The molecule has 4 fully saturated rings. The number of carbonyl (C=O) groups excluding carboxylic acids is 1. The molecule has 0 aliphatic heterocycles. The third-order valence-electron chi connectivity index (χ3n) is 8.95. The molecular weight excluding hydrogens is 328 g/mol. The first-order valence-corrected chi connectivity index (χ1v) is 10.2. The average Bonchev–Trinajstić information content (AvgIpc) is 2.75. The first-order chi connectivity index (χ1) is 12.1. The van der Waals surface area contributed by atoms with Gasteiger partial charge in [-0.3, -0.25) is 9.59 Å².